The van der Waals surface area contributed by atoms with Gasteiger partial charge in [-0.1, -0.05) is 23.2 Å². The van der Waals surface area contributed by atoms with Gasteiger partial charge in [0.05, 0.1) is 4.90 Å². The van der Waals surface area contributed by atoms with Gasteiger partial charge in [-0.05, 0) is 59.7 Å². The minimum atomic E-state index is -3.99. The zero-order valence-electron chi connectivity index (χ0n) is 14.7. The van der Waals surface area contributed by atoms with Gasteiger partial charge in [-0.15, -0.1) is 0 Å². The maximum atomic E-state index is 13.0. The number of halogens is 2. The first-order valence-electron chi connectivity index (χ1n) is 7.34. The van der Waals surface area contributed by atoms with Gasteiger partial charge >= 0.3 is 5.97 Å². The largest absolute Gasteiger partial charge is 0.459 e. The van der Waals surface area contributed by atoms with Crippen molar-refractivity contribution in [2.75, 3.05) is 6.54 Å². The van der Waals surface area contributed by atoms with E-state index < -0.39 is 33.7 Å². The maximum absolute atomic E-state index is 13.0. The topological polar surface area (TPSA) is 63.7 Å². The van der Waals surface area contributed by atoms with Crippen LogP contribution < -0.4 is 0 Å². The van der Waals surface area contributed by atoms with Crippen LogP contribution in [0.4, 0.5) is 0 Å². The average Bonchev–Trinajstić information content (AvgIpc) is 2.31. The van der Waals surface area contributed by atoms with Crippen molar-refractivity contribution in [2.24, 2.45) is 0 Å². The van der Waals surface area contributed by atoms with Crippen LogP contribution in [0.5, 0.6) is 0 Å². The van der Waals surface area contributed by atoms with Crippen LogP contribution in [0.2, 0.25) is 10.0 Å². The summed E-state index contributed by atoms with van der Waals surface area (Å²) >= 11 is 11.8. The second-order valence-electron chi connectivity index (χ2n) is 7.37. The molecule has 0 radical (unpaired) electrons. The van der Waals surface area contributed by atoms with Crippen molar-refractivity contribution in [1.82, 2.24) is 4.31 Å². The molecule has 0 bridgehead atoms. The Kier molecular flexibility index (Phi) is 6.36. The van der Waals surface area contributed by atoms with E-state index >= 15 is 0 Å². The van der Waals surface area contributed by atoms with Gasteiger partial charge in [0.1, 0.15) is 12.1 Å². The van der Waals surface area contributed by atoms with E-state index in [0.29, 0.717) is 0 Å². The summed E-state index contributed by atoms with van der Waals surface area (Å²) < 4.78 is 32.3. The summed E-state index contributed by atoms with van der Waals surface area (Å²) in [4.78, 5) is 12.1. The summed E-state index contributed by atoms with van der Waals surface area (Å²) in [6.07, 6.45) is 0. The van der Waals surface area contributed by atoms with E-state index in [9.17, 15) is 13.2 Å². The van der Waals surface area contributed by atoms with E-state index in [1.165, 1.54) is 18.2 Å². The fourth-order valence-electron chi connectivity index (χ4n) is 1.98. The third-order valence-electron chi connectivity index (χ3n) is 2.86. The van der Waals surface area contributed by atoms with Gasteiger partial charge in [0.2, 0.25) is 10.0 Å². The predicted octanol–water partition coefficient (Wildman–Crippen LogP) is 4.12. The van der Waals surface area contributed by atoms with Gasteiger partial charge in [0.25, 0.3) is 0 Å². The highest BCUT2D eigenvalue weighted by atomic mass is 35.5. The van der Waals surface area contributed by atoms with Crippen molar-refractivity contribution in [3.63, 3.8) is 0 Å². The number of hydrogen-bond donors (Lipinski definition) is 0. The molecule has 24 heavy (non-hydrogen) atoms. The minimum Gasteiger partial charge on any atom is -0.459 e. The van der Waals surface area contributed by atoms with Crippen molar-refractivity contribution in [2.45, 2.75) is 57.6 Å². The molecule has 0 aliphatic carbocycles. The Morgan fingerprint density at radius 2 is 1.50 bits per heavy atom. The molecule has 0 saturated heterocycles. The van der Waals surface area contributed by atoms with Crippen molar-refractivity contribution in [1.29, 1.82) is 0 Å². The van der Waals surface area contributed by atoms with E-state index in [1.54, 1.807) is 41.5 Å². The van der Waals surface area contributed by atoms with E-state index in [2.05, 4.69) is 0 Å². The lowest BCUT2D eigenvalue weighted by molar-refractivity contribution is -0.155. The molecule has 0 saturated carbocycles. The Hall–Kier alpha value is -0.820. The monoisotopic (exact) mass is 395 g/mol. The molecule has 0 aliphatic heterocycles. The zero-order valence-corrected chi connectivity index (χ0v) is 17.0. The quantitative estimate of drug-likeness (QED) is 0.718. The molecule has 1 rings (SSSR count). The van der Waals surface area contributed by atoms with Crippen LogP contribution in [0.25, 0.3) is 0 Å². The number of sulfonamides is 1. The summed E-state index contributed by atoms with van der Waals surface area (Å²) in [5.74, 6) is -0.630. The molecule has 0 aromatic heterocycles. The molecule has 0 spiro atoms. The van der Waals surface area contributed by atoms with Crippen molar-refractivity contribution >= 4 is 39.2 Å². The molecule has 1 aromatic carbocycles. The number of rotatable bonds is 4. The Morgan fingerprint density at radius 3 is 1.88 bits per heavy atom. The first kappa shape index (κ1) is 21.2. The van der Waals surface area contributed by atoms with E-state index in [0.717, 1.165) is 4.31 Å². The molecule has 0 atom stereocenters. The lowest BCUT2D eigenvalue weighted by Crippen LogP contribution is -2.49. The van der Waals surface area contributed by atoms with Crippen molar-refractivity contribution in [3.05, 3.63) is 28.2 Å². The normalized spacial score (nSPS) is 13.2. The molecular formula is C16H23Cl2NO4S. The van der Waals surface area contributed by atoms with Gasteiger partial charge in [-0.2, -0.15) is 4.31 Å². The molecule has 5 nitrogen and oxygen atoms in total. The predicted molar refractivity (Wildman–Crippen MR) is 96.0 cm³/mol. The highest BCUT2D eigenvalue weighted by Crippen LogP contribution is 2.29. The molecule has 136 valence electrons. The van der Waals surface area contributed by atoms with E-state index in [4.69, 9.17) is 27.9 Å². The molecule has 1 aromatic rings. The Balaban J connectivity index is 3.27. The molecular weight excluding hydrogens is 373 g/mol. The van der Waals surface area contributed by atoms with Gasteiger partial charge < -0.3 is 4.74 Å². The van der Waals surface area contributed by atoms with Crippen LogP contribution in [-0.2, 0) is 19.6 Å². The number of carbonyl (C=O) groups excluding carboxylic acids is 1. The molecule has 0 amide bonds. The van der Waals surface area contributed by atoms with E-state index in [1.807, 2.05) is 0 Å². The number of esters is 1. The smallest absolute Gasteiger partial charge is 0.321 e. The summed E-state index contributed by atoms with van der Waals surface area (Å²) in [5, 5.41) is 0.402. The number of hydrogen-bond acceptors (Lipinski definition) is 4. The molecule has 0 fully saturated rings. The first-order valence-corrected chi connectivity index (χ1v) is 9.53. The minimum absolute atomic E-state index is 0.0708. The SMILES string of the molecule is CC(C)(C)OC(=O)CN(C(C)(C)C)S(=O)(=O)c1cc(Cl)cc(Cl)c1. The molecule has 0 N–H and O–H groups in total. The standard InChI is InChI=1S/C16H23Cl2NO4S/c1-15(2,3)19(10-14(20)23-16(4,5)6)24(21,22)13-8-11(17)7-12(18)9-13/h7-9H,10H2,1-6H3. The van der Waals surface area contributed by atoms with Gasteiger partial charge in [0.15, 0.2) is 0 Å². The third kappa shape index (κ3) is 5.92. The van der Waals surface area contributed by atoms with Crippen molar-refractivity contribution < 1.29 is 17.9 Å². The molecule has 8 heteroatoms. The van der Waals surface area contributed by atoms with Crippen molar-refractivity contribution in [3.8, 4) is 0 Å². The fraction of sp³-hybridized carbons (Fsp3) is 0.562. The summed E-state index contributed by atoms with van der Waals surface area (Å²) in [6, 6.07) is 4.05. The molecule has 0 aliphatic rings. The van der Waals surface area contributed by atoms with Gasteiger partial charge in [-0.3, -0.25) is 4.79 Å². The first-order chi connectivity index (χ1) is 10.6. The van der Waals surface area contributed by atoms with Crippen LogP contribution in [0.1, 0.15) is 41.5 Å². The average molecular weight is 396 g/mol. The number of ether oxygens (including phenoxy) is 1. The van der Waals surface area contributed by atoms with Crippen LogP contribution >= 0.6 is 23.2 Å². The number of carbonyl (C=O) groups is 1. The zero-order chi connectivity index (χ0) is 18.9. The van der Waals surface area contributed by atoms with Crippen LogP contribution in [-0.4, -0.2) is 36.4 Å². The highest BCUT2D eigenvalue weighted by Gasteiger charge is 2.37. The van der Waals surface area contributed by atoms with Gasteiger partial charge in [0, 0.05) is 15.6 Å². The second kappa shape index (κ2) is 7.20. The van der Waals surface area contributed by atoms with Gasteiger partial charge in [-0.25, -0.2) is 8.42 Å². The lowest BCUT2D eigenvalue weighted by atomic mass is 10.1. The van der Waals surface area contributed by atoms with E-state index in [-0.39, 0.29) is 14.9 Å². The fourth-order valence-corrected chi connectivity index (χ4v) is 4.44. The molecule has 0 unspecified atom stereocenters. The Labute approximate surface area is 153 Å². The summed E-state index contributed by atoms with van der Waals surface area (Å²) in [7, 11) is -3.99. The third-order valence-corrected chi connectivity index (χ3v) is 5.39. The van der Waals surface area contributed by atoms with Crippen LogP contribution in [0, 0.1) is 0 Å². The lowest BCUT2D eigenvalue weighted by Gasteiger charge is -2.34. The summed E-state index contributed by atoms with van der Waals surface area (Å²) in [6.45, 7) is 9.84. The Bertz CT molecular complexity index is 698. The number of benzene rings is 1. The Morgan fingerprint density at radius 1 is 1.04 bits per heavy atom. The summed E-state index contributed by atoms with van der Waals surface area (Å²) in [5.41, 5.74) is -1.55. The maximum Gasteiger partial charge on any atom is 0.321 e. The highest BCUT2D eigenvalue weighted by molar-refractivity contribution is 7.89. The second-order valence-corrected chi connectivity index (χ2v) is 10.1. The van der Waals surface area contributed by atoms with Crippen LogP contribution in [0.3, 0.4) is 0 Å². The molecule has 0 heterocycles. The van der Waals surface area contributed by atoms with Crippen LogP contribution in [0.15, 0.2) is 23.1 Å². The number of nitrogens with zero attached hydrogens (tertiary/aromatic N) is 1.